The molecule has 2 fully saturated rings. The van der Waals surface area contributed by atoms with Gasteiger partial charge in [-0.05, 0) is 60.9 Å². The molecule has 16 heteroatoms. The van der Waals surface area contributed by atoms with Crippen LogP contribution in [0.2, 0.25) is 0 Å². The Hall–Kier alpha value is -3.73. The lowest BCUT2D eigenvalue weighted by molar-refractivity contribution is -0.150. The maximum atomic E-state index is 13.7. The van der Waals surface area contributed by atoms with Crippen molar-refractivity contribution in [3.63, 3.8) is 0 Å². The molecule has 0 radical (unpaired) electrons. The molecule has 3 aliphatic rings. The van der Waals surface area contributed by atoms with E-state index in [1.807, 2.05) is 0 Å². The average molecular weight is 674 g/mol. The number of rotatable bonds is 9. The number of thioether (sulfide) groups is 2. The van der Waals surface area contributed by atoms with Gasteiger partial charge in [-0.3, -0.25) is 19.3 Å². The van der Waals surface area contributed by atoms with E-state index < -0.39 is 35.0 Å². The first-order chi connectivity index (χ1) is 21.2. The Morgan fingerprint density at radius 1 is 1.25 bits per heavy atom. The fourth-order valence-electron chi connectivity index (χ4n) is 5.05. The van der Waals surface area contributed by atoms with Crippen LogP contribution < -0.4 is 16.5 Å². The number of aliphatic carboxylic acids is 1. The first-order valence-electron chi connectivity index (χ1n) is 13.4. The van der Waals surface area contributed by atoms with E-state index in [0.717, 1.165) is 41.9 Å². The molecule has 2 amide bonds. The van der Waals surface area contributed by atoms with Gasteiger partial charge < -0.3 is 21.0 Å². The summed E-state index contributed by atoms with van der Waals surface area (Å²) in [6, 6.07) is 4.44. The van der Waals surface area contributed by atoms with Crippen molar-refractivity contribution >= 4 is 84.9 Å². The molecule has 1 saturated heterocycles. The van der Waals surface area contributed by atoms with Gasteiger partial charge in [-0.2, -0.15) is 0 Å². The number of carbonyl (C=O) groups excluding carboxylic acids is 2. The predicted octanol–water partition coefficient (Wildman–Crippen LogP) is 4.15. The normalized spacial score (nSPS) is 20.7. The summed E-state index contributed by atoms with van der Waals surface area (Å²) in [7, 11) is 0. The predicted molar refractivity (Wildman–Crippen MR) is 169 cm³/mol. The van der Waals surface area contributed by atoms with Gasteiger partial charge in [0.1, 0.15) is 34.7 Å². The zero-order chi connectivity index (χ0) is 31.0. The molecule has 1 aromatic carbocycles. The maximum Gasteiger partial charge on any atom is 0.352 e. The van der Waals surface area contributed by atoms with E-state index in [-0.39, 0.29) is 39.5 Å². The Morgan fingerprint density at radius 2 is 2.05 bits per heavy atom. The van der Waals surface area contributed by atoms with Gasteiger partial charge in [0.15, 0.2) is 16.3 Å². The number of aromatic nitrogens is 1. The number of amides is 2. The van der Waals surface area contributed by atoms with Gasteiger partial charge in [-0.15, -0.1) is 34.4 Å². The lowest BCUT2D eigenvalue weighted by atomic mass is 10.0. The molecule has 1 aliphatic carbocycles. The fraction of sp³-hybridized carbons (Fsp3) is 0.286. The van der Waals surface area contributed by atoms with Gasteiger partial charge in [-0.25, -0.2) is 14.2 Å². The topological polar surface area (TPSA) is 164 Å². The highest BCUT2D eigenvalue weighted by atomic mass is 32.2. The van der Waals surface area contributed by atoms with Gasteiger partial charge in [0.05, 0.1) is 4.21 Å². The lowest BCUT2D eigenvalue weighted by Crippen LogP contribution is -2.71. The summed E-state index contributed by atoms with van der Waals surface area (Å²) >= 11 is 4.87. The van der Waals surface area contributed by atoms with Crippen LogP contribution in [0.3, 0.4) is 0 Å². The molecule has 2 atom stereocenters. The number of nitrogens with two attached hydrogens (primary N) is 1. The SMILES string of the molecule is Nc1nc(C(=NOC2CCCC2)C(=O)NC2C(=O)N3C(C(=O)O)=C(C=CSc4cc(=O)c5ccc(F)cc5s4)CS[C@H]23)cs1. The van der Waals surface area contributed by atoms with Crippen LogP contribution in [0.4, 0.5) is 9.52 Å². The smallest absolute Gasteiger partial charge is 0.352 e. The Bertz CT molecular complexity index is 1810. The van der Waals surface area contributed by atoms with Gasteiger partial charge in [0, 0.05) is 27.3 Å². The lowest BCUT2D eigenvalue weighted by Gasteiger charge is -2.49. The van der Waals surface area contributed by atoms with Crippen molar-refractivity contribution in [3.05, 3.63) is 74.1 Å². The highest BCUT2D eigenvalue weighted by Gasteiger charge is 2.54. The van der Waals surface area contributed by atoms with Crippen LogP contribution in [-0.2, 0) is 19.2 Å². The number of nitrogen functional groups attached to an aromatic ring is 1. The first kappa shape index (κ1) is 30.3. The van der Waals surface area contributed by atoms with E-state index in [4.69, 9.17) is 10.6 Å². The Labute approximate surface area is 266 Å². The Balaban J connectivity index is 1.17. The molecule has 0 bridgehead atoms. The number of allylic oxidation sites excluding steroid dienone is 1. The second-order valence-electron chi connectivity index (χ2n) is 10.1. The standard InChI is InChI=1S/C28H24FN5O6S4/c29-14-5-6-16-18(35)10-20(44-19(16)9-14)41-8-7-13-11-42-26-22(25(37)34(26)23(13)27(38)39)32-24(36)21(17-12-43-28(30)31-17)33-40-15-3-1-2-4-15/h5-10,12,15,22,26H,1-4,11H2,(H2,30,31)(H,32,36)(H,38,39)/t22?,26-/m1/s1. The number of anilines is 1. The van der Waals surface area contributed by atoms with Crippen molar-refractivity contribution in [2.24, 2.45) is 5.16 Å². The summed E-state index contributed by atoms with van der Waals surface area (Å²) < 4.78 is 14.8. The van der Waals surface area contributed by atoms with Gasteiger partial charge in [0.25, 0.3) is 11.8 Å². The van der Waals surface area contributed by atoms with E-state index in [9.17, 15) is 28.7 Å². The third-order valence-electron chi connectivity index (χ3n) is 7.18. The number of oxime groups is 1. The minimum atomic E-state index is -1.28. The zero-order valence-electron chi connectivity index (χ0n) is 22.7. The molecule has 44 heavy (non-hydrogen) atoms. The van der Waals surface area contributed by atoms with E-state index in [0.29, 0.717) is 19.9 Å². The van der Waals surface area contributed by atoms with Crippen molar-refractivity contribution in [1.29, 1.82) is 0 Å². The summed E-state index contributed by atoms with van der Waals surface area (Å²) in [4.78, 5) is 62.1. The molecule has 2 aromatic heterocycles. The largest absolute Gasteiger partial charge is 0.477 e. The molecular formula is C28H24FN5O6S4. The molecule has 0 spiro atoms. The van der Waals surface area contributed by atoms with Crippen LogP contribution in [0.15, 0.2) is 66.6 Å². The summed E-state index contributed by atoms with van der Waals surface area (Å²) in [6.45, 7) is 0. The monoisotopic (exact) mass is 673 g/mol. The van der Waals surface area contributed by atoms with Crippen molar-refractivity contribution < 1.29 is 28.7 Å². The highest BCUT2D eigenvalue weighted by Crippen LogP contribution is 2.41. The number of nitrogens with zero attached hydrogens (tertiary/aromatic N) is 3. The first-order valence-corrected chi connectivity index (χ1v) is 17.1. The van der Waals surface area contributed by atoms with Gasteiger partial charge in [0.2, 0.25) is 0 Å². The number of carboxylic acid groups (broad SMARTS) is 1. The number of benzene rings is 1. The number of carboxylic acids is 1. The number of nitrogens with one attached hydrogen (secondary N) is 1. The Kier molecular flexibility index (Phi) is 8.75. The summed E-state index contributed by atoms with van der Waals surface area (Å²) in [5.74, 6) is -2.72. The number of carbonyl (C=O) groups is 3. The third-order valence-corrected chi connectivity index (χ3v) is 11.2. The second kappa shape index (κ2) is 12.7. The number of hydrogen-bond donors (Lipinski definition) is 3. The van der Waals surface area contributed by atoms with Crippen molar-refractivity contribution in [2.45, 2.75) is 47.4 Å². The summed E-state index contributed by atoms with van der Waals surface area (Å²) in [5, 5.41) is 20.0. The average Bonchev–Trinajstić information content (AvgIpc) is 3.67. The van der Waals surface area contributed by atoms with E-state index in [1.54, 1.807) is 16.9 Å². The fourth-order valence-corrected chi connectivity index (χ4v) is 8.92. The van der Waals surface area contributed by atoms with Gasteiger partial charge in [-0.1, -0.05) is 16.9 Å². The summed E-state index contributed by atoms with van der Waals surface area (Å²) in [6.07, 6.45) is 5.16. The van der Waals surface area contributed by atoms with Gasteiger partial charge >= 0.3 is 5.97 Å². The molecule has 1 unspecified atom stereocenters. The molecule has 4 N–H and O–H groups in total. The molecule has 2 aliphatic heterocycles. The van der Waals surface area contributed by atoms with Crippen LogP contribution in [-0.4, -0.2) is 61.8 Å². The molecular weight excluding hydrogens is 650 g/mol. The number of β-lactam (4-membered cyclic amide) rings is 1. The van der Waals surface area contributed by atoms with Crippen LogP contribution in [0.25, 0.3) is 10.1 Å². The van der Waals surface area contributed by atoms with E-state index in [2.05, 4.69) is 15.5 Å². The number of thiazole rings is 1. The van der Waals surface area contributed by atoms with Crippen molar-refractivity contribution in [2.75, 3.05) is 11.5 Å². The molecule has 1 saturated carbocycles. The Morgan fingerprint density at radius 3 is 2.77 bits per heavy atom. The van der Waals surface area contributed by atoms with E-state index >= 15 is 0 Å². The maximum absolute atomic E-state index is 13.7. The van der Waals surface area contributed by atoms with Crippen molar-refractivity contribution in [3.8, 4) is 0 Å². The van der Waals surface area contributed by atoms with Crippen LogP contribution in [0, 0.1) is 5.82 Å². The van der Waals surface area contributed by atoms with Crippen LogP contribution in [0.1, 0.15) is 31.4 Å². The zero-order valence-corrected chi connectivity index (χ0v) is 26.0. The van der Waals surface area contributed by atoms with Crippen LogP contribution in [0.5, 0.6) is 0 Å². The number of halogens is 1. The molecule has 6 rings (SSSR count). The van der Waals surface area contributed by atoms with Crippen LogP contribution >= 0.6 is 46.2 Å². The number of fused-ring (bicyclic) bond motifs is 2. The molecule has 4 heterocycles. The molecule has 11 nitrogen and oxygen atoms in total. The number of hydrogen-bond acceptors (Lipinski definition) is 12. The quantitative estimate of drug-likeness (QED) is 0.130. The third kappa shape index (κ3) is 6.11. The minimum absolute atomic E-state index is 0.106. The molecule has 3 aromatic rings. The highest BCUT2D eigenvalue weighted by molar-refractivity contribution is 8.04. The summed E-state index contributed by atoms with van der Waals surface area (Å²) in [5.41, 5.74) is 5.85. The minimum Gasteiger partial charge on any atom is -0.477 e. The molecule has 228 valence electrons. The van der Waals surface area contributed by atoms with E-state index in [1.165, 1.54) is 59.1 Å². The van der Waals surface area contributed by atoms with Crippen molar-refractivity contribution in [1.82, 2.24) is 15.2 Å². The second-order valence-corrected chi connectivity index (χ2v) is 14.3.